The number of benzene rings is 1. The summed E-state index contributed by atoms with van der Waals surface area (Å²) in [7, 11) is 3.30. The molecule has 8 nitrogen and oxygen atoms in total. The molecule has 0 N–H and O–H groups in total. The minimum atomic E-state index is 0.139. The van der Waals surface area contributed by atoms with E-state index in [-0.39, 0.29) is 5.91 Å². The van der Waals surface area contributed by atoms with E-state index in [0.717, 1.165) is 55.0 Å². The van der Waals surface area contributed by atoms with Gasteiger partial charge in [0.2, 0.25) is 5.91 Å². The van der Waals surface area contributed by atoms with Crippen molar-refractivity contribution in [1.29, 1.82) is 0 Å². The van der Waals surface area contributed by atoms with Gasteiger partial charge in [0.05, 0.1) is 20.0 Å². The zero-order chi connectivity index (χ0) is 21.8. The molecule has 0 aliphatic carbocycles. The topological polar surface area (TPSA) is 72.2 Å². The van der Waals surface area contributed by atoms with Crippen molar-refractivity contribution < 1.29 is 14.3 Å². The maximum absolute atomic E-state index is 12.7. The van der Waals surface area contributed by atoms with Crippen LogP contribution < -0.4 is 9.47 Å². The number of thioether (sulfide) groups is 1. The van der Waals surface area contributed by atoms with Gasteiger partial charge in [-0.15, -0.1) is 10.2 Å². The van der Waals surface area contributed by atoms with Crippen molar-refractivity contribution in [2.45, 2.75) is 18.6 Å². The summed E-state index contributed by atoms with van der Waals surface area (Å²) in [6, 6.07) is 9.82. The molecule has 0 bridgehead atoms. The number of methoxy groups -OCH3 is 2. The number of carbonyl (C=O) groups excluding carboxylic acids is 1. The second-order valence-electron chi connectivity index (χ2n) is 7.49. The number of aryl methyl sites for hydroxylation is 1. The standard InChI is InChI=1S/C22H27N5O3S/c1-16-12-18(29-2)19(30-3)13-17(16)14-25-8-10-26(11-9-25)21(28)15-31-22-24-23-20-6-4-5-7-27(20)22/h4-7,12-13H,8-11,14-15H2,1-3H3. The van der Waals surface area contributed by atoms with Crippen molar-refractivity contribution in [2.75, 3.05) is 46.2 Å². The first kappa shape index (κ1) is 21.5. The highest BCUT2D eigenvalue weighted by molar-refractivity contribution is 7.99. The average Bonchev–Trinajstić information content (AvgIpc) is 3.22. The average molecular weight is 442 g/mol. The van der Waals surface area contributed by atoms with Crippen LogP contribution in [0.5, 0.6) is 11.5 Å². The lowest BCUT2D eigenvalue weighted by atomic mass is 10.1. The van der Waals surface area contributed by atoms with Crippen molar-refractivity contribution in [2.24, 2.45) is 0 Å². The van der Waals surface area contributed by atoms with Crippen LogP contribution in [0.1, 0.15) is 11.1 Å². The number of fused-ring (bicyclic) bond motifs is 1. The quantitative estimate of drug-likeness (QED) is 0.522. The van der Waals surface area contributed by atoms with Crippen LogP contribution in [0, 0.1) is 6.92 Å². The van der Waals surface area contributed by atoms with Gasteiger partial charge in [0.15, 0.2) is 22.3 Å². The Morgan fingerprint density at radius 3 is 2.55 bits per heavy atom. The third kappa shape index (κ3) is 4.77. The molecule has 0 unspecified atom stereocenters. The molecule has 0 atom stereocenters. The Morgan fingerprint density at radius 1 is 1.06 bits per heavy atom. The van der Waals surface area contributed by atoms with Gasteiger partial charge in [-0.05, 0) is 42.3 Å². The van der Waals surface area contributed by atoms with Crippen molar-refractivity contribution in [1.82, 2.24) is 24.4 Å². The Kier molecular flexibility index (Phi) is 6.62. The van der Waals surface area contributed by atoms with E-state index < -0.39 is 0 Å². The van der Waals surface area contributed by atoms with Gasteiger partial charge in [0.1, 0.15) is 0 Å². The Balaban J connectivity index is 1.30. The molecule has 2 aromatic heterocycles. The van der Waals surface area contributed by atoms with Crippen LogP contribution in [0.3, 0.4) is 0 Å². The zero-order valence-electron chi connectivity index (χ0n) is 18.1. The maximum Gasteiger partial charge on any atom is 0.233 e. The lowest BCUT2D eigenvalue weighted by molar-refractivity contribution is -0.130. The first-order valence-corrected chi connectivity index (χ1v) is 11.2. The van der Waals surface area contributed by atoms with Crippen LogP contribution in [0.2, 0.25) is 0 Å². The van der Waals surface area contributed by atoms with Gasteiger partial charge >= 0.3 is 0 Å². The summed E-state index contributed by atoms with van der Waals surface area (Å²) in [6.45, 7) is 6.06. The SMILES string of the molecule is COc1cc(C)c(CN2CCN(C(=O)CSc3nnc4ccccn34)CC2)cc1OC. The fraction of sp³-hybridized carbons (Fsp3) is 0.409. The van der Waals surface area contributed by atoms with Crippen molar-refractivity contribution in [3.05, 3.63) is 47.7 Å². The molecule has 1 amide bonds. The maximum atomic E-state index is 12.7. The number of amides is 1. The Labute approximate surface area is 186 Å². The van der Waals surface area contributed by atoms with Gasteiger partial charge in [0, 0.05) is 38.9 Å². The fourth-order valence-electron chi connectivity index (χ4n) is 3.72. The van der Waals surface area contributed by atoms with Crippen molar-refractivity contribution in [3.8, 4) is 11.5 Å². The predicted octanol–water partition coefficient (Wildman–Crippen LogP) is 2.49. The molecule has 3 aromatic rings. The van der Waals surface area contributed by atoms with E-state index in [0.29, 0.717) is 5.75 Å². The molecule has 9 heteroatoms. The predicted molar refractivity (Wildman–Crippen MR) is 120 cm³/mol. The highest BCUT2D eigenvalue weighted by Crippen LogP contribution is 2.31. The molecule has 1 aromatic carbocycles. The van der Waals surface area contributed by atoms with Gasteiger partial charge in [-0.2, -0.15) is 0 Å². The van der Waals surface area contributed by atoms with E-state index in [9.17, 15) is 4.79 Å². The molecule has 31 heavy (non-hydrogen) atoms. The summed E-state index contributed by atoms with van der Waals surface area (Å²) >= 11 is 1.43. The molecule has 164 valence electrons. The number of nitrogens with zero attached hydrogens (tertiary/aromatic N) is 5. The van der Waals surface area contributed by atoms with E-state index in [1.165, 1.54) is 22.9 Å². The first-order valence-electron chi connectivity index (χ1n) is 10.2. The highest BCUT2D eigenvalue weighted by Gasteiger charge is 2.22. The monoisotopic (exact) mass is 441 g/mol. The number of rotatable bonds is 7. The Bertz CT molecular complexity index is 1060. The van der Waals surface area contributed by atoms with Crippen LogP contribution >= 0.6 is 11.8 Å². The summed E-state index contributed by atoms with van der Waals surface area (Å²) in [5, 5.41) is 9.06. The minimum Gasteiger partial charge on any atom is -0.493 e. The van der Waals surface area contributed by atoms with E-state index in [4.69, 9.17) is 9.47 Å². The Morgan fingerprint density at radius 2 is 1.81 bits per heavy atom. The highest BCUT2D eigenvalue weighted by atomic mass is 32.2. The van der Waals surface area contributed by atoms with Crippen molar-refractivity contribution >= 4 is 23.3 Å². The first-order chi connectivity index (χ1) is 15.1. The largest absolute Gasteiger partial charge is 0.493 e. The number of ether oxygens (including phenoxy) is 2. The summed E-state index contributed by atoms with van der Waals surface area (Å²) in [5.74, 6) is 2.00. The van der Waals surface area contributed by atoms with Gasteiger partial charge in [-0.3, -0.25) is 14.1 Å². The number of hydrogen-bond donors (Lipinski definition) is 0. The Hall–Kier alpha value is -2.78. The van der Waals surface area contributed by atoms with Crippen molar-refractivity contribution in [3.63, 3.8) is 0 Å². The fourth-order valence-corrected chi connectivity index (χ4v) is 4.55. The molecule has 1 aliphatic rings. The van der Waals surface area contributed by atoms with Gasteiger partial charge in [-0.1, -0.05) is 17.8 Å². The molecule has 1 saturated heterocycles. The number of pyridine rings is 1. The molecule has 4 rings (SSSR count). The van der Waals surface area contributed by atoms with Crippen LogP contribution in [0.25, 0.3) is 5.65 Å². The summed E-state index contributed by atoms with van der Waals surface area (Å²) < 4.78 is 12.7. The second kappa shape index (κ2) is 9.57. The summed E-state index contributed by atoms with van der Waals surface area (Å²) in [6.07, 6.45) is 1.91. The number of carbonyl (C=O) groups is 1. The third-order valence-electron chi connectivity index (χ3n) is 5.57. The molecular formula is C22H27N5O3S. The molecule has 1 fully saturated rings. The van der Waals surface area contributed by atoms with E-state index in [2.05, 4.69) is 22.0 Å². The van der Waals surface area contributed by atoms with Crippen LogP contribution in [0.4, 0.5) is 0 Å². The van der Waals surface area contributed by atoms with Crippen LogP contribution in [-0.4, -0.2) is 76.5 Å². The molecule has 3 heterocycles. The lowest BCUT2D eigenvalue weighted by Gasteiger charge is -2.35. The molecule has 1 aliphatic heterocycles. The van der Waals surface area contributed by atoms with E-state index in [1.54, 1.807) is 14.2 Å². The van der Waals surface area contributed by atoms with Crippen LogP contribution in [-0.2, 0) is 11.3 Å². The van der Waals surface area contributed by atoms with Crippen LogP contribution in [0.15, 0.2) is 41.7 Å². The normalized spacial score (nSPS) is 14.7. The lowest BCUT2D eigenvalue weighted by Crippen LogP contribution is -2.48. The molecular weight excluding hydrogens is 414 g/mol. The number of hydrogen-bond acceptors (Lipinski definition) is 7. The van der Waals surface area contributed by atoms with Gasteiger partial charge < -0.3 is 14.4 Å². The molecule has 0 saturated carbocycles. The minimum absolute atomic E-state index is 0.139. The molecule has 0 spiro atoms. The summed E-state index contributed by atoms with van der Waals surface area (Å²) in [5.41, 5.74) is 3.18. The van der Waals surface area contributed by atoms with Gasteiger partial charge in [0.25, 0.3) is 0 Å². The number of piperazine rings is 1. The smallest absolute Gasteiger partial charge is 0.233 e. The van der Waals surface area contributed by atoms with E-state index in [1.807, 2.05) is 45.8 Å². The second-order valence-corrected chi connectivity index (χ2v) is 8.43. The van der Waals surface area contributed by atoms with Gasteiger partial charge in [-0.25, -0.2) is 0 Å². The number of aromatic nitrogens is 3. The zero-order valence-corrected chi connectivity index (χ0v) is 18.9. The third-order valence-corrected chi connectivity index (χ3v) is 6.50. The summed E-state index contributed by atoms with van der Waals surface area (Å²) in [4.78, 5) is 17.0. The molecule has 0 radical (unpaired) electrons. The van der Waals surface area contributed by atoms with E-state index >= 15 is 0 Å².